The zero-order valence-electron chi connectivity index (χ0n) is 12.8. The van der Waals surface area contributed by atoms with E-state index in [0.717, 1.165) is 18.5 Å². The molecule has 2 heterocycles. The number of aromatic nitrogens is 4. The van der Waals surface area contributed by atoms with Crippen LogP contribution in [0.3, 0.4) is 0 Å². The molecule has 0 aromatic carbocycles. The molecule has 0 aliphatic rings. The molecule has 2 N–H and O–H groups in total. The molecular weight excluding hydrogens is 266 g/mol. The predicted molar refractivity (Wildman–Crippen MR) is 80.9 cm³/mol. The van der Waals surface area contributed by atoms with E-state index in [9.17, 15) is 4.79 Å². The summed E-state index contributed by atoms with van der Waals surface area (Å²) in [5.41, 5.74) is 1.45. The van der Waals surface area contributed by atoms with Gasteiger partial charge in [0.1, 0.15) is 5.69 Å². The number of H-pyrrole nitrogens is 1. The standard InChI is InChI=1S/C15H23N5O/c1-4-5-12-8-13(19-18-12)15(21)17-14(11(2)3)9-20-7-6-16-10-20/h6-8,10-11,14H,4-5,9H2,1-3H3,(H,17,21)(H,18,19)/t14-/m1/s1. The number of hydrogen-bond acceptors (Lipinski definition) is 3. The highest BCUT2D eigenvalue weighted by molar-refractivity contribution is 5.92. The third-order valence-electron chi connectivity index (χ3n) is 3.47. The first-order valence-electron chi connectivity index (χ1n) is 7.41. The lowest BCUT2D eigenvalue weighted by Gasteiger charge is -2.22. The second kappa shape index (κ2) is 7.06. The Bertz CT molecular complexity index is 558. The number of carbonyl (C=O) groups is 1. The molecule has 0 saturated heterocycles. The summed E-state index contributed by atoms with van der Waals surface area (Å²) in [7, 11) is 0. The molecule has 2 rings (SSSR count). The lowest BCUT2D eigenvalue weighted by atomic mass is 10.0. The van der Waals surface area contributed by atoms with Crippen LogP contribution < -0.4 is 5.32 Å². The summed E-state index contributed by atoms with van der Waals surface area (Å²) < 4.78 is 1.97. The van der Waals surface area contributed by atoms with Crippen LogP contribution >= 0.6 is 0 Å². The lowest BCUT2D eigenvalue weighted by Crippen LogP contribution is -2.41. The molecule has 0 bridgehead atoms. The Morgan fingerprint density at radius 3 is 2.90 bits per heavy atom. The average Bonchev–Trinajstić information content (AvgIpc) is 3.09. The normalized spacial score (nSPS) is 12.6. The van der Waals surface area contributed by atoms with E-state index in [1.54, 1.807) is 12.5 Å². The number of rotatable bonds is 7. The minimum absolute atomic E-state index is 0.0398. The van der Waals surface area contributed by atoms with Crippen molar-refractivity contribution in [3.63, 3.8) is 0 Å². The molecule has 1 amide bonds. The van der Waals surface area contributed by atoms with Crippen LogP contribution in [0.5, 0.6) is 0 Å². The molecule has 0 spiro atoms. The zero-order chi connectivity index (χ0) is 15.2. The van der Waals surface area contributed by atoms with Gasteiger partial charge in [-0.3, -0.25) is 9.89 Å². The van der Waals surface area contributed by atoms with Gasteiger partial charge in [0.15, 0.2) is 0 Å². The van der Waals surface area contributed by atoms with Crippen molar-refractivity contribution in [3.8, 4) is 0 Å². The Labute approximate surface area is 125 Å². The second-order valence-corrected chi connectivity index (χ2v) is 5.61. The van der Waals surface area contributed by atoms with Gasteiger partial charge in [-0.25, -0.2) is 4.98 Å². The number of carbonyl (C=O) groups excluding carboxylic acids is 1. The summed E-state index contributed by atoms with van der Waals surface area (Å²) in [5.74, 6) is 0.192. The van der Waals surface area contributed by atoms with Gasteiger partial charge in [0.05, 0.1) is 6.33 Å². The van der Waals surface area contributed by atoms with Crippen molar-refractivity contribution in [3.05, 3.63) is 36.2 Å². The summed E-state index contributed by atoms with van der Waals surface area (Å²) in [5, 5.41) is 10.1. The van der Waals surface area contributed by atoms with Crippen molar-refractivity contribution in [2.75, 3.05) is 0 Å². The molecule has 0 saturated carbocycles. The van der Waals surface area contributed by atoms with Gasteiger partial charge >= 0.3 is 0 Å². The van der Waals surface area contributed by atoms with Crippen LogP contribution in [0.4, 0.5) is 0 Å². The fraction of sp³-hybridized carbons (Fsp3) is 0.533. The van der Waals surface area contributed by atoms with Crippen molar-refractivity contribution in [1.29, 1.82) is 0 Å². The van der Waals surface area contributed by atoms with Crippen LogP contribution in [0.15, 0.2) is 24.8 Å². The average molecular weight is 289 g/mol. The molecule has 0 fully saturated rings. The summed E-state index contributed by atoms with van der Waals surface area (Å²) in [6.07, 6.45) is 7.33. The van der Waals surface area contributed by atoms with Gasteiger partial charge in [-0.1, -0.05) is 27.2 Å². The molecule has 0 aliphatic carbocycles. The van der Waals surface area contributed by atoms with E-state index >= 15 is 0 Å². The maximum atomic E-state index is 12.3. The molecule has 0 radical (unpaired) electrons. The van der Waals surface area contributed by atoms with Gasteiger partial charge < -0.3 is 9.88 Å². The zero-order valence-corrected chi connectivity index (χ0v) is 12.8. The molecule has 0 aliphatic heterocycles. The second-order valence-electron chi connectivity index (χ2n) is 5.61. The lowest BCUT2D eigenvalue weighted by molar-refractivity contribution is 0.0915. The topological polar surface area (TPSA) is 75.6 Å². The van der Waals surface area contributed by atoms with Crippen molar-refractivity contribution in [1.82, 2.24) is 25.1 Å². The highest BCUT2D eigenvalue weighted by Crippen LogP contribution is 2.08. The summed E-state index contributed by atoms with van der Waals surface area (Å²) in [4.78, 5) is 16.3. The Morgan fingerprint density at radius 1 is 1.48 bits per heavy atom. The SMILES string of the molecule is CCCc1cc(C(=O)N[C@H](Cn2ccnc2)C(C)C)n[nH]1. The fourth-order valence-electron chi connectivity index (χ4n) is 2.16. The quantitative estimate of drug-likeness (QED) is 0.818. The van der Waals surface area contributed by atoms with Gasteiger partial charge in [0.25, 0.3) is 5.91 Å². The molecule has 6 heteroatoms. The number of amides is 1. The molecule has 2 aromatic rings. The number of aromatic amines is 1. The van der Waals surface area contributed by atoms with E-state index in [0.29, 0.717) is 18.2 Å². The Balaban J connectivity index is 2.00. The van der Waals surface area contributed by atoms with Crippen molar-refractivity contribution in [2.24, 2.45) is 5.92 Å². The van der Waals surface area contributed by atoms with Crippen LogP contribution in [0.1, 0.15) is 43.4 Å². The van der Waals surface area contributed by atoms with Gasteiger partial charge in [-0.15, -0.1) is 0 Å². The van der Waals surface area contributed by atoms with E-state index in [1.807, 2.05) is 16.8 Å². The van der Waals surface area contributed by atoms with Crippen molar-refractivity contribution < 1.29 is 4.79 Å². The largest absolute Gasteiger partial charge is 0.346 e. The minimum Gasteiger partial charge on any atom is -0.346 e. The van der Waals surface area contributed by atoms with Crippen LogP contribution in [-0.2, 0) is 13.0 Å². The third kappa shape index (κ3) is 4.18. The van der Waals surface area contributed by atoms with E-state index in [-0.39, 0.29) is 11.9 Å². The van der Waals surface area contributed by atoms with Gasteiger partial charge in [0.2, 0.25) is 0 Å². The highest BCUT2D eigenvalue weighted by Gasteiger charge is 2.19. The van der Waals surface area contributed by atoms with E-state index in [4.69, 9.17) is 0 Å². The summed E-state index contributed by atoms with van der Waals surface area (Å²) in [6, 6.07) is 1.87. The van der Waals surface area contributed by atoms with Crippen molar-refractivity contribution in [2.45, 2.75) is 46.2 Å². The van der Waals surface area contributed by atoms with Crippen LogP contribution in [0, 0.1) is 5.92 Å². The Hall–Kier alpha value is -2.11. The van der Waals surface area contributed by atoms with Crippen molar-refractivity contribution >= 4 is 5.91 Å². The first kappa shape index (κ1) is 15.3. The van der Waals surface area contributed by atoms with Gasteiger partial charge in [-0.05, 0) is 18.4 Å². The maximum absolute atomic E-state index is 12.3. The molecule has 2 aromatic heterocycles. The highest BCUT2D eigenvalue weighted by atomic mass is 16.2. The first-order chi connectivity index (χ1) is 10.1. The summed E-state index contributed by atoms with van der Waals surface area (Å²) >= 11 is 0. The molecule has 0 unspecified atom stereocenters. The van der Waals surface area contributed by atoms with Crippen LogP contribution in [0.25, 0.3) is 0 Å². The third-order valence-corrected chi connectivity index (χ3v) is 3.47. The number of imidazole rings is 1. The fourth-order valence-corrected chi connectivity index (χ4v) is 2.16. The Kier molecular flexibility index (Phi) is 5.14. The van der Waals surface area contributed by atoms with Crippen LogP contribution in [-0.4, -0.2) is 31.7 Å². The van der Waals surface area contributed by atoms with Gasteiger partial charge in [0, 0.05) is 30.7 Å². The molecule has 1 atom stereocenters. The summed E-state index contributed by atoms with van der Waals surface area (Å²) in [6.45, 7) is 6.99. The van der Waals surface area contributed by atoms with E-state index in [2.05, 4.69) is 41.3 Å². The number of aryl methyl sites for hydroxylation is 1. The number of hydrogen-bond donors (Lipinski definition) is 2. The van der Waals surface area contributed by atoms with Gasteiger partial charge in [-0.2, -0.15) is 5.10 Å². The monoisotopic (exact) mass is 289 g/mol. The first-order valence-corrected chi connectivity index (χ1v) is 7.41. The smallest absolute Gasteiger partial charge is 0.272 e. The molecule has 21 heavy (non-hydrogen) atoms. The molecular formula is C15H23N5O. The predicted octanol–water partition coefficient (Wildman–Crippen LogP) is 2.01. The van der Waals surface area contributed by atoms with Crippen LogP contribution in [0.2, 0.25) is 0 Å². The molecule has 114 valence electrons. The molecule has 6 nitrogen and oxygen atoms in total. The van der Waals surface area contributed by atoms with E-state index < -0.39 is 0 Å². The Morgan fingerprint density at radius 2 is 2.29 bits per heavy atom. The minimum atomic E-state index is -0.132. The van der Waals surface area contributed by atoms with E-state index in [1.165, 1.54) is 0 Å². The number of nitrogens with zero attached hydrogens (tertiary/aromatic N) is 3. The maximum Gasteiger partial charge on any atom is 0.272 e. The number of nitrogens with one attached hydrogen (secondary N) is 2.